The zero-order chi connectivity index (χ0) is 13.7. The first-order chi connectivity index (χ1) is 8.49. The van der Waals surface area contributed by atoms with Crippen LogP contribution >= 0.6 is 0 Å². The Morgan fingerprint density at radius 2 is 2.11 bits per heavy atom. The molecule has 0 radical (unpaired) electrons. The molecular formula is C14H22N2O2. The van der Waals surface area contributed by atoms with Crippen molar-refractivity contribution in [2.75, 3.05) is 13.7 Å². The van der Waals surface area contributed by atoms with Crippen LogP contribution in [-0.2, 0) is 4.79 Å². The van der Waals surface area contributed by atoms with Crippen molar-refractivity contribution in [3.8, 4) is 5.75 Å². The Balaban J connectivity index is 2.86. The summed E-state index contributed by atoms with van der Waals surface area (Å²) < 4.78 is 5.31. The van der Waals surface area contributed by atoms with Crippen LogP contribution in [0.1, 0.15) is 31.0 Å². The quantitative estimate of drug-likeness (QED) is 0.837. The molecule has 0 aromatic heterocycles. The van der Waals surface area contributed by atoms with E-state index in [1.807, 2.05) is 39.0 Å². The van der Waals surface area contributed by atoms with Crippen LogP contribution in [0.4, 0.5) is 0 Å². The molecule has 4 heteroatoms. The van der Waals surface area contributed by atoms with Crippen molar-refractivity contribution in [1.29, 1.82) is 0 Å². The highest BCUT2D eigenvalue weighted by atomic mass is 16.5. The van der Waals surface area contributed by atoms with Crippen LogP contribution in [0.2, 0.25) is 0 Å². The summed E-state index contributed by atoms with van der Waals surface area (Å²) in [5, 5.41) is 2.95. The maximum absolute atomic E-state index is 11.8. The van der Waals surface area contributed by atoms with Crippen molar-refractivity contribution in [2.24, 2.45) is 11.7 Å². The summed E-state index contributed by atoms with van der Waals surface area (Å²) >= 11 is 0. The number of carbonyl (C=O) groups excluding carboxylic acids is 1. The molecule has 100 valence electrons. The number of carbonyl (C=O) groups is 1. The van der Waals surface area contributed by atoms with E-state index in [1.54, 1.807) is 7.11 Å². The number of ether oxygens (including phenoxy) is 1. The number of hydrogen-bond acceptors (Lipinski definition) is 3. The number of nitrogens with one attached hydrogen (secondary N) is 1. The van der Waals surface area contributed by atoms with Crippen molar-refractivity contribution in [3.63, 3.8) is 0 Å². The lowest BCUT2D eigenvalue weighted by atomic mass is 10.0. The van der Waals surface area contributed by atoms with Crippen LogP contribution in [0.5, 0.6) is 5.75 Å². The van der Waals surface area contributed by atoms with Gasteiger partial charge < -0.3 is 15.8 Å². The standard InChI is InChI=1S/C14H22N2O2/c1-9-5-6-13(18-4)12(7-9)11(3)16-14(17)10(2)8-15/h5-7,10-11H,8,15H2,1-4H3,(H,16,17). The number of rotatable bonds is 5. The third-order valence-electron chi connectivity index (χ3n) is 3.01. The van der Waals surface area contributed by atoms with Crippen molar-refractivity contribution in [3.05, 3.63) is 29.3 Å². The van der Waals surface area contributed by atoms with Crippen LogP contribution in [0.15, 0.2) is 18.2 Å². The summed E-state index contributed by atoms with van der Waals surface area (Å²) in [6, 6.07) is 5.83. The van der Waals surface area contributed by atoms with Gasteiger partial charge in [-0.2, -0.15) is 0 Å². The van der Waals surface area contributed by atoms with Gasteiger partial charge in [-0.25, -0.2) is 0 Å². The van der Waals surface area contributed by atoms with Gasteiger partial charge in [-0.1, -0.05) is 24.6 Å². The fraction of sp³-hybridized carbons (Fsp3) is 0.500. The highest BCUT2D eigenvalue weighted by molar-refractivity contribution is 5.79. The van der Waals surface area contributed by atoms with Crippen LogP contribution in [-0.4, -0.2) is 19.6 Å². The molecule has 0 spiro atoms. The first-order valence-electron chi connectivity index (χ1n) is 6.14. The molecule has 1 aromatic rings. The molecule has 0 heterocycles. The third-order valence-corrected chi connectivity index (χ3v) is 3.01. The van der Waals surface area contributed by atoms with Crippen molar-refractivity contribution >= 4 is 5.91 Å². The maximum atomic E-state index is 11.8. The zero-order valence-corrected chi connectivity index (χ0v) is 11.5. The lowest BCUT2D eigenvalue weighted by Gasteiger charge is -2.19. The van der Waals surface area contributed by atoms with Gasteiger partial charge in [-0.15, -0.1) is 0 Å². The van der Waals surface area contributed by atoms with Gasteiger partial charge in [0, 0.05) is 18.0 Å². The van der Waals surface area contributed by atoms with Crippen LogP contribution in [0, 0.1) is 12.8 Å². The Hall–Kier alpha value is -1.55. The van der Waals surface area contributed by atoms with E-state index in [-0.39, 0.29) is 17.9 Å². The van der Waals surface area contributed by atoms with Gasteiger partial charge in [0.15, 0.2) is 0 Å². The van der Waals surface area contributed by atoms with E-state index >= 15 is 0 Å². The Morgan fingerprint density at radius 1 is 1.44 bits per heavy atom. The zero-order valence-electron chi connectivity index (χ0n) is 11.5. The number of nitrogens with two attached hydrogens (primary N) is 1. The second kappa shape index (κ2) is 6.40. The summed E-state index contributed by atoms with van der Waals surface area (Å²) in [6.45, 7) is 6.12. The minimum absolute atomic E-state index is 0.0337. The first-order valence-corrected chi connectivity index (χ1v) is 6.14. The maximum Gasteiger partial charge on any atom is 0.224 e. The lowest BCUT2D eigenvalue weighted by molar-refractivity contribution is -0.124. The Morgan fingerprint density at radius 3 is 2.67 bits per heavy atom. The van der Waals surface area contributed by atoms with E-state index in [9.17, 15) is 4.79 Å². The summed E-state index contributed by atoms with van der Waals surface area (Å²) in [6.07, 6.45) is 0. The fourth-order valence-electron chi connectivity index (χ4n) is 1.73. The third kappa shape index (κ3) is 3.47. The van der Waals surface area contributed by atoms with Gasteiger partial charge in [-0.05, 0) is 19.9 Å². The topological polar surface area (TPSA) is 64.3 Å². The molecular weight excluding hydrogens is 228 g/mol. The van der Waals surface area contributed by atoms with Crippen molar-refractivity contribution in [2.45, 2.75) is 26.8 Å². The van der Waals surface area contributed by atoms with E-state index in [2.05, 4.69) is 5.32 Å². The Kier molecular flexibility index (Phi) is 5.16. The highest BCUT2D eigenvalue weighted by Gasteiger charge is 2.17. The minimum atomic E-state index is -0.178. The number of methoxy groups -OCH3 is 1. The SMILES string of the molecule is COc1ccc(C)cc1C(C)NC(=O)C(C)CN. The first kappa shape index (κ1) is 14.5. The fourth-order valence-corrected chi connectivity index (χ4v) is 1.73. The predicted octanol–water partition coefficient (Wildman–Crippen LogP) is 1.78. The van der Waals surface area contributed by atoms with Gasteiger partial charge >= 0.3 is 0 Å². The normalized spacial score (nSPS) is 13.8. The lowest BCUT2D eigenvalue weighted by Crippen LogP contribution is -2.35. The van der Waals surface area contributed by atoms with Gasteiger partial charge in [0.2, 0.25) is 5.91 Å². The summed E-state index contributed by atoms with van der Waals surface area (Å²) in [4.78, 5) is 11.8. The molecule has 2 unspecified atom stereocenters. The summed E-state index contributed by atoms with van der Waals surface area (Å²) in [5.41, 5.74) is 7.60. The number of aryl methyl sites for hydroxylation is 1. The second-order valence-corrected chi connectivity index (χ2v) is 4.61. The average molecular weight is 250 g/mol. The van der Waals surface area contributed by atoms with E-state index in [0.717, 1.165) is 16.9 Å². The largest absolute Gasteiger partial charge is 0.496 e. The molecule has 0 aliphatic carbocycles. The molecule has 0 fully saturated rings. The molecule has 0 bridgehead atoms. The number of benzene rings is 1. The van der Waals surface area contributed by atoms with Crippen LogP contribution in [0.3, 0.4) is 0 Å². The molecule has 0 aliphatic rings. The molecule has 1 amide bonds. The van der Waals surface area contributed by atoms with E-state index in [0.29, 0.717) is 6.54 Å². The van der Waals surface area contributed by atoms with Crippen molar-refractivity contribution in [1.82, 2.24) is 5.32 Å². The molecule has 2 atom stereocenters. The molecule has 1 aromatic carbocycles. The number of amides is 1. The minimum Gasteiger partial charge on any atom is -0.496 e. The summed E-state index contributed by atoms with van der Waals surface area (Å²) in [7, 11) is 1.63. The van der Waals surface area contributed by atoms with E-state index in [1.165, 1.54) is 0 Å². The van der Waals surface area contributed by atoms with Gasteiger partial charge in [0.25, 0.3) is 0 Å². The number of hydrogen-bond donors (Lipinski definition) is 2. The molecule has 4 nitrogen and oxygen atoms in total. The molecule has 3 N–H and O–H groups in total. The van der Waals surface area contributed by atoms with Crippen LogP contribution in [0.25, 0.3) is 0 Å². The molecule has 18 heavy (non-hydrogen) atoms. The van der Waals surface area contributed by atoms with E-state index < -0.39 is 0 Å². The monoisotopic (exact) mass is 250 g/mol. The van der Waals surface area contributed by atoms with Gasteiger partial charge in [0.1, 0.15) is 5.75 Å². The Labute approximate surface area is 109 Å². The molecule has 0 aliphatic heterocycles. The smallest absolute Gasteiger partial charge is 0.224 e. The van der Waals surface area contributed by atoms with Gasteiger partial charge in [0.05, 0.1) is 13.2 Å². The van der Waals surface area contributed by atoms with Crippen LogP contribution < -0.4 is 15.8 Å². The predicted molar refractivity (Wildman–Crippen MR) is 72.5 cm³/mol. The van der Waals surface area contributed by atoms with Gasteiger partial charge in [-0.3, -0.25) is 4.79 Å². The summed E-state index contributed by atoms with van der Waals surface area (Å²) in [5.74, 6) is 0.575. The molecule has 0 saturated carbocycles. The molecule has 0 saturated heterocycles. The Bertz CT molecular complexity index is 418. The molecule has 1 rings (SSSR count). The second-order valence-electron chi connectivity index (χ2n) is 4.61. The van der Waals surface area contributed by atoms with E-state index in [4.69, 9.17) is 10.5 Å². The average Bonchev–Trinajstić information content (AvgIpc) is 2.37. The highest BCUT2D eigenvalue weighted by Crippen LogP contribution is 2.26. The van der Waals surface area contributed by atoms with Crippen molar-refractivity contribution < 1.29 is 9.53 Å².